The lowest BCUT2D eigenvalue weighted by Gasteiger charge is -2.46. The lowest BCUT2D eigenvalue weighted by atomic mass is 9.91. The van der Waals surface area contributed by atoms with Gasteiger partial charge in [-0.3, -0.25) is 9.69 Å². The van der Waals surface area contributed by atoms with Crippen molar-refractivity contribution >= 4 is 5.97 Å². The van der Waals surface area contributed by atoms with E-state index < -0.39 is 5.97 Å². The first kappa shape index (κ1) is 16.2. The summed E-state index contributed by atoms with van der Waals surface area (Å²) in [7, 11) is 0. The Balaban J connectivity index is 1.77. The van der Waals surface area contributed by atoms with Gasteiger partial charge in [0.25, 0.3) is 0 Å². The smallest absolute Gasteiger partial charge is 0.320 e. The highest BCUT2D eigenvalue weighted by Gasteiger charge is 2.36. The minimum atomic E-state index is -0.444. The van der Waals surface area contributed by atoms with Gasteiger partial charge in [-0.25, -0.2) is 0 Å². The summed E-state index contributed by atoms with van der Waals surface area (Å²) in [6.45, 7) is 1.31. The normalized spacial score (nSPS) is 17.1. The second kappa shape index (κ2) is 7.76. The Kier molecular flexibility index (Phi) is 5.25. The second-order valence-electron chi connectivity index (χ2n) is 5.92. The standard InChI is InChI=1S/C20H20N2O2/c21-13-11-19(23)24-15-18-12-14-22(18)20(16-7-3-1-4-8-16)17-9-5-2-6-10-17/h1-10,18,20H,11-12,14-15H2. The number of rotatable bonds is 6. The Hall–Kier alpha value is -2.64. The first-order chi connectivity index (χ1) is 11.8. The van der Waals surface area contributed by atoms with Crippen molar-refractivity contribution < 1.29 is 9.53 Å². The van der Waals surface area contributed by atoms with Crippen LogP contribution >= 0.6 is 0 Å². The molecule has 0 saturated carbocycles. The van der Waals surface area contributed by atoms with Crippen molar-refractivity contribution in [2.75, 3.05) is 13.2 Å². The van der Waals surface area contributed by atoms with Crippen LogP contribution in [0.4, 0.5) is 0 Å². The van der Waals surface area contributed by atoms with Gasteiger partial charge in [0.05, 0.1) is 12.1 Å². The molecular formula is C20H20N2O2. The number of likely N-dealkylation sites (tertiary alicyclic amines) is 1. The molecule has 4 nitrogen and oxygen atoms in total. The van der Waals surface area contributed by atoms with Crippen molar-refractivity contribution in [1.82, 2.24) is 4.90 Å². The molecule has 122 valence electrons. The average Bonchev–Trinajstić information content (AvgIpc) is 2.60. The maximum absolute atomic E-state index is 11.4. The molecule has 1 atom stereocenters. The molecule has 2 aromatic carbocycles. The van der Waals surface area contributed by atoms with Crippen LogP contribution in [0, 0.1) is 11.3 Å². The molecule has 0 aromatic heterocycles. The van der Waals surface area contributed by atoms with E-state index in [1.165, 1.54) is 11.1 Å². The quantitative estimate of drug-likeness (QED) is 0.766. The Labute approximate surface area is 142 Å². The third-order valence-corrected chi connectivity index (χ3v) is 4.41. The molecule has 1 heterocycles. The van der Waals surface area contributed by atoms with Crippen molar-refractivity contribution in [1.29, 1.82) is 5.26 Å². The van der Waals surface area contributed by atoms with Crippen LogP contribution in [-0.4, -0.2) is 30.1 Å². The van der Waals surface area contributed by atoms with Crippen molar-refractivity contribution in [2.45, 2.75) is 24.9 Å². The van der Waals surface area contributed by atoms with E-state index in [4.69, 9.17) is 10.00 Å². The highest BCUT2D eigenvalue weighted by molar-refractivity contribution is 5.71. The Bertz CT molecular complexity index is 670. The summed E-state index contributed by atoms with van der Waals surface area (Å²) in [4.78, 5) is 13.8. The topological polar surface area (TPSA) is 53.3 Å². The molecule has 1 fully saturated rings. The van der Waals surface area contributed by atoms with Crippen LogP contribution in [0.1, 0.15) is 30.0 Å². The predicted molar refractivity (Wildman–Crippen MR) is 91.0 cm³/mol. The number of benzene rings is 2. The van der Waals surface area contributed by atoms with Crippen LogP contribution in [0.2, 0.25) is 0 Å². The number of ether oxygens (including phenoxy) is 1. The van der Waals surface area contributed by atoms with Crippen LogP contribution in [-0.2, 0) is 9.53 Å². The highest BCUT2D eigenvalue weighted by atomic mass is 16.5. The van der Waals surface area contributed by atoms with E-state index in [-0.39, 0.29) is 18.5 Å². The van der Waals surface area contributed by atoms with Gasteiger partial charge in [0.2, 0.25) is 0 Å². The van der Waals surface area contributed by atoms with Gasteiger partial charge in [0, 0.05) is 12.6 Å². The molecule has 0 bridgehead atoms. The van der Waals surface area contributed by atoms with Gasteiger partial charge >= 0.3 is 5.97 Å². The SMILES string of the molecule is N#CCC(=O)OCC1CCN1C(c1ccccc1)c1ccccc1. The van der Waals surface area contributed by atoms with Crippen LogP contribution in [0.25, 0.3) is 0 Å². The Morgan fingerprint density at radius 1 is 1.12 bits per heavy atom. The van der Waals surface area contributed by atoms with Gasteiger partial charge in [-0.05, 0) is 17.5 Å². The zero-order chi connectivity index (χ0) is 16.8. The molecule has 0 N–H and O–H groups in total. The first-order valence-electron chi connectivity index (χ1n) is 8.18. The van der Waals surface area contributed by atoms with Crippen LogP contribution in [0.5, 0.6) is 0 Å². The van der Waals surface area contributed by atoms with Crippen LogP contribution < -0.4 is 0 Å². The fraction of sp³-hybridized carbons (Fsp3) is 0.300. The summed E-state index contributed by atoms with van der Waals surface area (Å²) >= 11 is 0. The largest absolute Gasteiger partial charge is 0.463 e. The molecule has 3 rings (SSSR count). The van der Waals surface area contributed by atoms with Crippen molar-refractivity contribution in [3.63, 3.8) is 0 Å². The molecule has 1 saturated heterocycles. The lowest BCUT2D eigenvalue weighted by Crippen LogP contribution is -2.52. The van der Waals surface area contributed by atoms with Gasteiger partial charge in [-0.15, -0.1) is 0 Å². The van der Waals surface area contributed by atoms with Gasteiger partial charge in [-0.1, -0.05) is 60.7 Å². The summed E-state index contributed by atoms with van der Waals surface area (Å²) in [6.07, 6.45) is 0.809. The fourth-order valence-corrected chi connectivity index (χ4v) is 3.13. The van der Waals surface area contributed by atoms with E-state index in [1.54, 1.807) is 0 Å². The Morgan fingerprint density at radius 3 is 2.17 bits per heavy atom. The van der Waals surface area contributed by atoms with E-state index in [1.807, 2.05) is 42.5 Å². The third kappa shape index (κ3) is 3.64. The van der Waals surface area contributed by atoms with E-state index in [0.717, 1.165) is 13.0 Å². The summed E-state index contributed by atoms with van der Waals surface area (Å²) in [5, 5.41) is 8.55. The van der Waals surface area contributed by atoms with Crippen LogP contribution in [0.15, 0.2) is 60.7 Å². The van der Waals surface area contributed by atoms with E-state index in [2.05, 4.69) is 29.2 Å². The van der Waals surface area contributed by atoms with Gasteiger partial charge < -0.3 is 4.74 Å². The summed E-state index contributed by atoms with van der Waals surface area (Å²) < 4.78 is 5.24. The minimum Gasteiger partial charge on any atom is -0.463 e. The summed E-state index contributed by atoms with van der Waals surface area (Å²) in [5.41, 5.74) is 2.47. The molecular weight excluding hydrogens is 300 g/mol. The van der Waals surface area contributed by atoms with Crippen molar-refractivity contribution in [2.24, 2.45) is 0 Å². The molecule has 0 aliphatic carbocycles. The van der Waals surface area contributed by atoms with E-state index in [0.29, 0.717) is 6.61 Å². The van der Waals surface area contributed by atoms with Gasteiger partial charge in [0.1, 0.15) is 13.0 Å². The van der Waals surface area contributed by atoms with E-state index in [9.17, 15) is 4.79 Å². The molecule has 24 heavy (non-hydrogen) atoms. The highest BCUT2D eigenvalue weighted by Crippen LogP contribution is 2.35. The maximum Gasteiger partial charge on any atom is 0.320 e. The maximum atomic E-state index is 11.4. The van der Waals surface area contributed by atoms with Gasteiger partial charge in [-0.2, -0.15) is 5.26 Å². The Morgan fingerprint density at radius 2 is 1.71 bits per heavy atom. The van der Waals surface area contributed by atoms with Crippen molar-refractivity contribution in [3.8, 4) is 6.07 Å². The van der Waals surface area contributed by atoms with Gasteiger partial charge in [0.15, 0.2) is 0 Å². The number of carbonyl (C=O) groups excluding carboxylic acids is 1. The predicted octanol–water partition coefficient (Wildman–Crippen LogP) is 3.31. The number of carbonyl (C=O) groups is 1. The monoisotopic (exact) mass is 320 g/mol. The average molecular weight is 320 g/mol. The third-order valence-electron chi connectivity index (χ3n) is 4.41. The molecule has 1 unspecified atom stereocenters. The zero-order valence-electron chi connectivity index (χ0n) is 13.5. The minimum absolute atomic E-state index is 0.154. The number of esters is 1. The number of nitriles is 1. The molecule has 0 radical (unpaired) electrons. The first-order valence-corrected chi connectivity index (χ1v) is 8.18. The number of hydrogen-bond donors (Lipinski definition) is 0. The molecule has 0 spiro atoms. The molecule has 2 aromatic rings. The van der Waals surface area contributed by atoms with Crippen LogP contribution in [0.3, 0.4) is 0 Å². The molecule has 1 aliphatic heterocycles. The fourth-order valence-electron chi connectivity index (χ4n) is 3.13. The zero-order valence-corrected chi connectivity index (χ0v) is 13.5. The molecule has 4 heteroatoms. The van der Waals surface area contributed by atoms with E-state index >= 15 is 0 Å². The summed E-state index contributed by atoms with van der Waals surface area (Å²) in [6, 6.07) is 22.9. The summed E-state index contributed by atoms with van der Waals surface area (Å²) in [5.74, 6) is -0.444. The number of hydrogen-bond acceptors (Lipinski definition) is 4. The number of nitrogens with zero attached hydrogens (tertiary/aromatic N) is 2. The lowest BCUT2D eigenvalue weighted by molar-refractivity contribution is -0.146. The molecule has 1 aliphatic rings. The second-order valence-corrected chi connectivity index (χ2v) is 5.92. The molecule has 0 amide bonds. The van der Waals surface area contributed by atoms with Crippen molar-refractivity contribution in [3.05, 3.63) is 71.8 Å².